The molecule has 162 valence electrons. The Hall–Kier alpha value is -4.19. The van der Waals surface area contributed by atoms with Crippen molar-refractivity contribution in [2.75, 3.05) is 6.61 Å². The third-order valence-electron chi connectivity index (χ3n) is 4.31. The van der Waals surface area contributed by atoms with E-state index >= 15 is 0 Å². The van der Waals surface area contributed by atoms with Crippen LogP contribution in [0.4, 0.5) is 0 Å². The molecule has 0 N–H and O–H groups in total. The van der Waals surface area contributed by atoms with Crippen LogP contribution in [0.5, 0.6) is 5.75 Å². The van der Waals surface area contributed by atoms with Gasteiger partial charge in [0.1, 0.15) is 19.0 Å². The van der Waals surface area contributed by atoms with E-state index in [1.54, 1.807) is 37.3 Å². The monoisotopic (exact) mass is 430 g/mol. The fourth-order valence-electron chi connectivity index (χ4n) is 2.74. The van der Waals surface area contributed by atoms with Gasteiger partial charge in [0.15, 0.2) is 0 Å². The molecular formula is C26H22O6. The largest absolute Gasteiger partial charge is 0.458 e. The predicted octanol–water partition coefficient (Wildman–Crippen LogP) is 5.00. The Bertz CT molecular complexity index is 1120. The summed E-state index contributed by atoms with van der Waals surface area (Å²) in [6.45, 7) is 5.47. The third-order valence-corrected chi connectivity index (χ3v) is 4.31. The molecule has 3 rings (SSSR count). The van der Waals surface area contributed by atoms with Gasteiger partial charge in [-0.05, 0) is 48.4 Å². The highest BCUT2D eigenvalue weighted by Gasteiger charge is 2.23. The molecular weight excluding hydrogens is 408 g/mol. The van der Waals surface area contributed by atoms with Crippen LogP contribution in [0.3, 0.4) is 0 Å². The summed E-state index contributed by atoms with van der Waals surface area (Å²) in [4.78, 5) is 37.9. The van der Waals surface area contributed by atoms with Crippen molar-refractivity contribution in [3.8, 4) is 5.75 Å². The molecule has 6 nitrogen and oxygen atoms in total. The molecule has 0 atom stereocenters. The topological polar surface area (TPSA) is 78.9 Å². The summed E-state index contributed by atoms with van der Waals surface area (Å²) in [5, 5.41) is 0. The first kappa shape index (κ1) is 22.5. The molecule has 0 aliphatic carbocycles. The normalized spacial score (nSPS) is 10.2. The molecule has 6 heteroatoms. The maximum Gasteiger partial charge on any atom is 0.344 e. The summed E-state index contributed by atoms with van der Waals surface area (Å²) < 4.78 is 15.9. The van der Waals surface area contributed by atoms with E-state index in [0.29, 0.717) is 11.3 Å². The van der Waals surface area contributed by atoms with Crippen molar-refractivity contribution in [1.82, 2.24) is 0 Å². The molecule has 0 unspecified atom stereocenters. The second-order valence-electron chi connectivity index (χ2n) is 7.06. The molecule has 0 bridgehead atoms. The zero-order valence-electron chi connectivity index (χ0n) is 17.6. The SMILES string of the molecule is C=C(C)COC(=O)c1ccc(C(=O)Oc2ccccc2)c(C(=O)OCc2ccccc2)c1. The van der Waals surface area contributed by atoms with Crippen LogP contribution in [0.15, 0.2) is 91.0 Å². The highest BCUT2D eigenvalue weighted by molar-refractivity contribution is 6.05. The molecule has 0 radical (unpaired) electrons. The molecule has 32 heavy (non-hydrogen) atoms. The number of benzene rings is 3. The minimum absolute atomic E-state index is 0.0111. The van der Waals surface area contributed by atoms with E-state index in [9.17, 15) is 14.4 Å². The lowest BCUT2D eigenvalue weighted by atomic mass is 10.0. The summed E-state index contributed by atoms with van der Waals surface area (Å²) in [5.74, 6) is -1.83. The molecule has 0 heterocycles. The minimum atomic E-state index is -0.761. The van der Waals surface area contributed by atoms with E-state index < -0.39 is 17.9 Å². The van der Waals surface area contributed by atoms with Crippen molar-refractivity contribution >= 4 is 17.9 Å². The van der Waals surface area contributed by atoms with Gasteiger partial charge in [0, 0.05) is 0 Å². The molecule has 0 aliphatic heterocycles. The van der Waals surface area contributed by atoms with Gasteiger partial charge in [-0.15, -0.1) is 0 Å². The van der Waals surface area contributed by atoms with Crippen molar-refractivity contribution in [2.45, 2.75) is 13.5 Å². The lowest BCUT2D eigenvalue weighted by Crippen LogP contribution is -2.17. The van der Waals surface area contributed by atoms with Crippen LogP contribution in [0, 0.1) is 0 Å². The molecule has 0 aliphatic rings. The summed E-state index contributed by atoms with van der Waals surface area (Å²) in [6, 6.07) is 21.6. The first-order chi connectivity index (χ1) is 15.4. The second-order valence-corrected chi connectivity index (χ2v) is 7.06. The van der Waals surface area contributed by atoms with Crippen LogP contribution in [-0.2, 0) is 16.1 Å². The zero-order valence-corrected chi connectivity index (χ0v) is 17.6. The highest BCUT2D eigenvalue weighted by atomic mass is 16.5. The minimum Gasteiger partial charge on any atom is -0.458 e. The number of carbonyl (C=O) groups is 3. The van der Waals surface area contributed by atoms with E-state index in [1.165, 1.54) is 18.2 Å². The Labute approximate surface area is 186 Å². The average molecular weight is 430 g/mol. The van der Waals surface area contributed by atoms with E-state index in [2.05, 4.69) is 6.58 Å². The number of esters is 3. The van der Waals surface area contributed by atoms with Gasteiger partial charge in [-0.2, -0.15) is 0 Å². The number of para-hydroxylation sites is 1. The van der Waals surface area contributed by atoms with Crippen LogP contribution in [0.2, 0.25) is 0 Å². The van der Waals surface area contributed by atoms with Gasteiger partial charge in [-0.1, -0.05) is 55.1 Å². The van der Waals surface area contributed by atoms with Crippen molar-refractivity contribution < 1.29 is 28.6 Å². The second kappa shape index (κ2) is 10.7. The van der Waals surface area contributed by atoms with E-state index in [-0.39, 0.29) is 29.9 Å². The first-order valence-corrected chi connectivity index (χ1v) is 9.88. The van der Waals surface area contributed by atoms with Crippen molar-refractivity contribution in [3.05, 3.63) is 113 Å². The summed E-state index contributed by atoms with van der Waals surface area (Å²) in [5.41, 5.74) is 1.44. The average Bonchev–Trinajstić information content (AvgIpc) is 2.81. The number of carbonyl (C=O) groups excluding carboxylic acids is 3. The van der Waals surface area contributed by atoms with E-state index in [4.69, 9.17) is 14.2 Å². The quantitative estimate of drug-likeness (QED) is 0.284. The van der Waals surface area contributed by atoms with Crippen LogP contribution >= 0.6 is 0 Å². The highest BCUT2D eigenvalue weighted by Crippen LogP contribution is 2.19. The lowest BCUT2D eigenvalue weighted by Gasteiger charge is -2.12. The van der Waals surface area contributed by atoms with Gasteiger partial charge >= 0.3 is 17.9 Å². The maximum atomic E-state index is 12.8. The van der Waals surface area contributed by atoms with Gasteiger partial charge in [-0.3, -0.25) is 0 Å². The summed E-state index contributed by atoms with van der Waals surface area (Å²) >= 11 is 0. The van der Waals surface area contributed by atoms with E-state index in [1.807, 2.05) is 30.3 Å². The van der Waals surface area contributed by atoms with Gasteiger partial charge in [0.05, 0.1) is 16.7 Å². The van der Waals surface area contributed by atoms with Gasteiger partial charge in [0.25, 0.3) is 0 Å². The van der Waals surface area contributed by atoms with Crippen LogP contribution in [-0.4, -0.2) is 24.5 Å². The molecule has 0 fully saturated rings. The smallest absolute Gasteiger partial charge is 0.344 e. The molecule has 0 amide bonds. The van der Waals surface area contributed by atoms with Crippen LogP contribution < -0.4 is 4.74 Å². The van der Waals surface area contributed by atoms with Gasteiger partial charge in [0.2, 0.25) is 0 Å². The number of ether oxygens (including phenoxy) is 3. The van der Waals surface area contributed by atoms with Gasteiger partial charge in [-0.25, -0.2) is 14.4 Å². The fraction of sp³-hybridized carbons (Fsp3) is 0.115. The van der Waals surface area contributed by atoms with Crippen molar-refractivity contribution in [3.63, 3.8) is 0 Å². The summed E-state index contributed by atoms with van der Waals surface area (Å²) in [7, 11) is 0. The first-order valence-electron chi connectivity index (χ1n) is 9.88. The standard InChI is InChI=1S/C26H22O6/c1-18(2)16-30-24(27)20-13-14-22(26(29)32-21-11-7-4-8-12-21)23(15-20)25(28)31-17-19-9-5-3-6-10-19/h3-15H,1,16-17H2,2H3. The third kappa shape index (κ3) is 6.15. The van der Waals surface area contributed by atoms with Crippen molar-refractivity contribution in [1.29, 1.82) is 0 Å². The summed E-state index contributed by atoms with van der Waals surface area (Å²) in [6.07, 6.45) is 0. The maximum absolute atomic E-state index is 12.8. The Morgan fingerprint density at radius 1 is 0.750 bits per heavy atom. The van der Waals surface area contributed by atoms with Crippen LogP contribution in [0.1, 0.15) is 43.6 Å². The predicted molar refractivity (Wildman–Crippen MR) is 119 cm³/mol. The zero-order chi connectivity index (χ0) is 22.9. The van der Waals surface area contributed by atoms with Crippen molar-refractivity contribution in [2.24, 2.45) is 0 Å². The van der Waals surface area contributed by atoms with Crippen LogP contribution in [0.25, 0.3) is 0 Å². The molecule has 0 aromatic heterocycles. The molecule has 0 spiro atoms. The Morgan fingerprint density at radius 2 is 1.41 bits per heavy atom. The van der Waals surface area contributed by atoms with Gasteiger partial charge < -0.3 is 14.2 Å². The molecule has 0 saturated heterocycles. The number of rotatable bonds is 8. The molecule has 3 aromatic rings. The molecule has 3 aromatic carbocycles. The fourth-order valence-corrected chi connectivity index (χ4v) is 2.74. The Kier molecular flexibility index (Phi) is 7.54. The lowest BCUT2D eigenvalue weighted by molar-refractivity contribution is 0.0465. The number of hydrogen-bond acceptors (Lipinski definition) is 6. The Morgan fingerprint density at radius 3 is 2.06 bits per heavy atom. The molecule has 0 saturated carbocycles. The Balaban J connectivity index is 1.86. The van der Waals surface area contributed by atoms with E-state index in [0.717, 1.165) is 5.56 Å². The number of hydrogen-bond donors (Lipinski definition) is 0.